The maximum absolute atomic E-state index is 8.99. The molecule has 2 rings (SSSR count). The summed E-state index contributed by atoms with van der Waals surface area (Å²) in [6.07, 6.45) is 0.876. The topological polar surface area (TPSA) is 23.5 Å². The molecule has 3 heteroatoms. The van der Waals surface area contributed by atoms with Crippen LogP contribution in [0.15, 0.2) is 30.3 Å². The standard InChI is InChI=1S/C14H21NOS/c1-12-14(13-6-3-2-4-7-13)15(8-5-10-16)9-11-17-12/h2-4,6-7,12,14,16H,5,8-11H2,1H3. The molecule has 0 spiro atoms. The smallest absolute Gasteiger partial charge is 0.0464 e. The third-order valence-corrected chi connectivity index (χ3v) is 4.54. The number of rotatable bonds is 4. The van der Waals surface area contributed by atoms with E-state index in [9.17, 15) is 0 Å². The summed E-state index contributed by atoms with van der Waals surface area (Å²) < 4.78 is 0. The predicted octanol–water partition coefficient (Wildman–Crippen LogP) is 2.55. The van der Waals surface area contributed by atoms with E-state index in [1.807, 2.05) is 0 Å². The van der Waals surface area contributed by atoms with Crippen molar-refractivity contribution >= 4 is 11.8 Å². The maximum Gasteiger partial charge on any atom is 0.0464 e. The van der Waals surface area contributed by atoms with Crippen molar-refractivity contribution in [2.75, 3.05) is 25.4 Å². The van der Waals surface area contributed by atoms with E-state index >= 15 is 0 Å². The summed E-state index contributed by atoms with van der Waals surface area (Å²) >= 11 is 2.05. The van der Waals surface area contributed by atoms with Crippen LogP contribution < -0.4 is 0 Å². The highest BCUT2D eigenvalue weighted by molar-refractivity contribution is 8.00. The highest BCUT2D eigenvalue weighted by Gasteiger charge is 2.29. The molecule has 2 unspecified atom stereocenters. The lowest BCUT2D eigenvalue weighted by Crippen LogP contribution is -2.40. The number of nitrogens with zero attached hydrogens (tertiary/aromatic N) is 1. The van der Waals surface area contributed by atoms with Gasteiger partial charge in [-0.25, -0.2) is 0 Å². The normalized spacial score (nSPS) is 26.0. The van der Waals surface area contributed by atoms with Crippen LogP contribution in [0.3, 0.4) is 0 Å². The fourth-order valence-electron chi connectivity index (χ4n) is 2.54. The van der Waals surface area contributed by atoms with Crippen LogP contribution in [0.2, 0.25) is 0 Å². The van der Waals surface area contributed by atoms with Gasteiger partial charge in [-0.05, 0) is 12.0 Å². The van der Waals surface area contributed by atoms with Crippen molar-refractivity contribution < 1.29 is 5.11 Å². The third-order valence-electron chi connectivity index (χ3n) is 3.34. The number of thioether (sulfide) groups is 1. The molecule has 2 atom stereocenters. The second-order valence-electron chi connectivity index (χ2n) is 4.54. The first-order valence-corrected chi connectivity index (χ1v) is 7.39. The first-order valence-electron chi connectivity index (χ1n) is 6.34. The first kappa shape index (κ1) is 12.9. The molecule has 0 aromatic heterocycles. The van der Waals surface area contributed by atoms with Crippen LogP contribution in [0.1, 0.15) is 24.9 Å². The highest BCUT2D eigenvalue weighted by atomic mass is 32.2. The minimum atomic E-state index is 0.291. The van der Waals surface area contributed by atoms with E-state index in [1.165, 1.54) is 11.3 Å². The molecule has 94 valence electrons. The van der Waals surface area contributed by atoms with Gasteiger partial charge in [0.05, 0.1) is 0 Å². The van der Waals surface area contributed by atoms with Gasteiger partial charge in [-0.1, -0.05) is 37.3 Å². The van der Waals surface area contributed by atoms with Crippen LogP contribution >= 0.6 is 11.8 Å². The molecular weight excluding hydrogens is 230 g/mol. The molecule has 1 saturated heterocycles. The number of aliphatic hydroxyl groups excluding tert-OH is 1. The number of benzene rings is 1. The molecule has 0 bridgehead atoms. The lowest BCUT2D eigenvalue weighted by molar-refractivity contribution is 0.176. The zero-order valence-electron chi connectivity index (χ0n) is 10.4. The monoisotopic (exact) mass is 251 g/mol. The molecule has 2 nitrogen and oxygen atoms in total. The quantitative estimate of drug-likeness (QED) is 0.889. The van der Waals surface area contributed by atoms with E-state index < -0.39 is 0 Å². The van der Waals surface area contributed by atoms with Gasteiger partial charge in [0, 0.05) is 36.7 Å². The van der Waals surface area contributed by atoms with E-state index in [0.29, 0.717) is 17.9 Å². The van der Waals surface area contributed by atoms with Crippen molar-refractivity contribution in [1.29, 1.82) is 0 Å². The molecule has 0 aliphatic carbocycles. The molecule has 0 amide bonds. The number of hydrogen-bond acceptors (Lipinski definition) is 3. The molecule has 17 heavy (non-hydrogen) atoms. The Morgan fingerprint density at radius 1 is 1.35 bits per heavy atom. The SMILES string of the molecule is CC1SCCN(CCCO)C1c1ccccc1. The van der Waals surface area contributed by atoms with Crippen LogP contribution in [-0.2, 0) is 0 Å². The fourth-order valence-corrected chi connectivity index (χ4v) is 3.76. The molecule has 1 aliphatic rings. The van der Waals surface area contributed by atoms with Crippen LogP contribution in [0.4, 0.5) is 0 Å². The summed E-state index contributed by atoms with van der Waals surface area (Å²) in [5, 5.41) is 9.62. The molecule has 1 aromatic rings. The number of aliphatic hydroxyl groups is 1. The molecule has 1 aromatic carbocycles. The van der Waals surface area contributed by atoms with Gasteiger partial charge in [-0.3, -0.25) is 4.90 Å². The van der Waals surface area contributed by atoms with E-state index in [4.69, 9.17) is 5.11 Å². The van der Waals surface area contributed by atoms with Crippen LogP contribution in [0.5, 0.6) is 0 Å². The van der Waals surface area contributed by atoms with Crippen molar-refractivity contribution in [3.05, 3.63) is 35.9 Å². The van der Waals surface area contributed by atoms with Gasteiger partial charge in [0.15, 0.2) is 0 Å². The Labute approximate surface area is 108 Å². The van der Waals surface area contributed by atoms with Crippen LogP contribution in [0, 0.1) is 0 Å². The van der Waals surface area contributed by atoms with Crippen LogP contribution in [-0.4, -0.2) is 40.7 Å². The first-order chi connectivity index (χ1) is 8.33. The Kier molecular flexibility index (Phi) is 4.89. The van der Waals surface area contributed by atoms with Gasteiger partial charge in [0.25, 0.3) is 0 Å². The van der Waals surface area contributed by atoms with E-state index in [0.717, 1.165) is 19.5 Å². The van der Waals surface area contributed by atoms with Crippen molar-refractivity contribution in [3.63, 3.8) is 0 Å². The minimum Gasteiger partial charge on any atom is -0.396 e. The maximum atomic E-state index is 8.99. The van der Waals surface area contributed by atoms with Gasteiger partial charge in [-0.2, -0.15) is 11.8 Å². The summed E-state index contributed by atoms with van der Waals surface area (Å²) in [5.74, 6) is 1.20. The zero-order valence-corrected chi connectivity index (χ0v) is 11.2. The van der Waals surface area contributed by atoms with Gasteiger partial charge < -0.3 is 5.11 Å². The Hall–Kier alpha value is -0.510. The van der Waals surface area contributed by atoms with Gasteiger partial charge in [0.2, 0.25) is 0 Å². The van der Waals surface area contributed by atoms with Crippen molar-refractivity contribution in [2.45, 2.75) is 24.6 Å². The van der Waals surface area contributed by atoms with Crippen molar-refractivity contribution in [3.8, 4) is 0 Å². The number of hydrogen-bond donors (Lipinski definition) is 1. The Morgan fingerprint density at radius 2 is 2.12 bits per heavy atom. The molecule has 1 fully saturated rings. The molecule has 1 aliphatic heterocycles. The molecular formula is C14H21NOS. The summed E-state index contributed by atoms with van der Waals surface area (Å²) in [6.45, 7) is 4.74. The zero-order chi connectivity index (χ0) is 12.1. The Bertz CT molecular complexity index is 330. The lowest BCUT2D eigenvalue weighted by Gasteiger charge is -2.40. The van der Waals surface area contributed by atoms with Gasteiger partial charge in [-0.15, -0.1) is 0 Å². The highest BCUT2D eigenvalue weighted by Crippen LogP contribution is 2.35. The lowest BCUT2D eigenvalue weighted by atomic mass is 10.0. The third kappa shape index (κ3) is 3.24. The second kappa shape index (κ2) is 6.43. The summed E-state index contributed by atoms with van der Waals surface area (Å²) in [4.78, 5) is 2.52. The summed E-state index contributed by atoms with van der Waals surface area (Å²) in [7, 11) is 0. The van der Waals surface area contributed by atoms with Gasteiger partial charge in [0.1, 0.15) is 0 Å². The largest absolute Gasteiger partial charge is 0.396 e. The summed E-state index contributed by atoms with van der Waals surface area (Å²) in [5.41, 5.74) is 1.41. The Morgan fingerprint density at radius 3 is 2.82 bits per heavy atom. The molecule has 1 heterocycles. The predicted molar refractivity (Wildman–Crippen MR) is 74.4 cm³/mol. The van der Waals surface area contributed by atoms with Crippen LogP contribution in [0.25, 0.3) is 0 Å². The summed E-state index contributed by atoms with van der Waals surface area (Å²) in [6, 6.07) is 11.2. The van der Waals surface area contributed by atoms with Gasteiger partial charge >= 0.3 is 0 Å². The van der Waals surface area contributed by atoms with E-state index in [2.05, 4.69) is 53.9 Å². The Balaban J connectivity index is 2.13. The minimum absolute atomic E-state index is 0.291. The van der Waals surface area contributed by atoms with Crippen molar-refractivity contribution in [1.82, 2.24) is 4.90 Å². The molecule has 0 saturated carbocycles. The van der Waals surface area contributed by atoms with E-state index in [1.54, 1.807) is 0 Å². The molecule has 0 radical (unpaired) electrons. The average Bonchev–Trinajstić information content (AvgIpc) is 2.37. The average molecular weight is 251 g/mol. The molecule has 1 N–H and O–H groups in total. The fraction of sp³-hybridized carbons (Fsp3) is 0.571. The van der Waals surface area contributed by atoms with E-state index in [-0.39, 0.29) is 0 Å². The second-order valence-corrected chi connectivity index (χ2v) is 6.03. The van der Waals surface area contributed by atoms with Crippen molar-refractivity contribution in [2.24, 2.45) is 0 Å².